The van der Waals surface area contributed by atoms with Gasteiger partial charge in [0.15, 0.2) is 0 Å². The monoisotopic (exact) mass is 299 g/mol. The molecule has 1 saturated heterocycles. The third-order valence-corrected chi connectivity index (χ3v) is 5.29. The largest absolute Gasteiger partial charge is 0.480 e. The van der Waals surface area contributed by atoms with Gasteiger partial charge in [0.05, 0.1) is 5.75 Å². The molecule has 104 valence electrons. The summed E-state index contributed by atoms with van der Waals surface area (Å²) in [5.74, 6) is -0.379. The van der Waals surface area contributed by atoms with Crippen molar-refractivity contribution in [2.75, 3.05) is 5.75 Å². The fraction of sp³-hybridized carbons (Fsp3) is 0.538. The number of nitrogens with zero attached hydrogens (tertiary/aromatic N) is 1. The summed E-state index contributed by atoms with van der Waals surface area (Å²) in [7, 11) is 0. The number of thiophene rings is 1. The molecule has 1 aromatic rings. The Labute approximate surface area is 120 Å². The summed E-state index contributed by atoms with van der Waals surface area (Å²) >= 11 is 3.08. The van der Waals surface area contributed by atoms with Crippen molar-refractivity contribution in [3.63, 3.8) is 0 Å². The minimum absolute atomic E-state index is 0.0727. The smallest absolute Gasteiger partial charge is 0.326 e. The summed E-state index contributed by atoms with van der Waals surface area (Å²) < 4.78 is 0. The normalized spacial score (nSPS) is 21.1. The molecule has 19 heavy (non-hydrogen) atoms. The third-order valence-electron chi connectivity index (χ3n) is 3.01. The summed E-state index contributed by atoms with van der Waals surface area (Å²) in [6.07, 6.45) is 0.490. The summed E-state index contributed by atoms with van der Waals surface area (Å²) in [5.41, 5.74) is 0. The van der Waals surface area contributed by atoms with Gasteiger partial charge in [0, 0.05) is 4.88 Å². The molecule has 4 nitrogen and oxygen atoms in total. The van der Waals surface area contributed by atoms with Crippen LogP contribution >= 0.6 is 23.1 Å². The van der Waals surface area contributed by atoms with E-state index >= 15 is 0 Å². The minimum atomic E-state index is -0.911. The molecule has 0 aromatic carbocycles. The summed E-state index contributed by atoms with van der Waals surface area (Å²) in [6.45, 7) is 3.95. The molecule has 0 bridgehead atoms. The molecule has 2 heterocycles. The van der Waals surface area contributed by atoms with E-state index in [1.165, 1.54) is 11.8 Å². The lowest BCUT2D eigenvalue weighted by Crippen LogP contribution is -2.44. The summed E-state index contributed by atoms with van der Waals surface area (Å²) in [4.78, 5) is 26.1. The molecule has 1 aliphatic heterocycles. The number of carbonyl (C=O) groups excluding carboxylic acids is 1. The highest BCUT2D eigenvalue weighted by Gasteiger charge is 2.41. The first-order valence-corrected chi connectivity index (χ1v) is 8.12. The first kappa shape index (κ1) is 14.4. The van der Waals surface area contributed by atoms with Crippen molar-refractivity contribution in [3.05, 3.63) is 22.4 Å². The zero-order valence-electron chi connectivity index (χ0n) is 10.9. The van der Waals surface area contributed by atoms with E-state index in [0.29, 0.717) is 12.2 Å². The van der Waals surface area contributed by atoms with Crippen LogP contribution in [0.15, 0.2) is 17.5 Å². The van der Waals surface area contributed by atoms with Crippen LogP contribution in [0.25, 0.3) is 0 Å². The molecular formula is C13H17NO3S2. The first-order chi connectivity index (χ1) is 9.00. The topological polar surface area (TPSA) is 57.6 Å². The van der Waals surface area contributed by atoms with Crippen LogP contribution in [-0.4, -0.2) is 33.7 Å². The zero-order chi connectivity index (χ0) is 14.0. The van der Waals surface area contributed by atoms with Gasteiger partial charge < -0.3 is 10.0 Å². The second-order valence-corrected chi connectivity index (χ2v) is 7.01. The number of carboxylic acids is 1. The molecule has 0 saturated carbocycles. The lowest BCUT2D eigenvalue weighted by Gasteiger charge is -2.30. The maximum atomic E-state index is 12.1. The Bertz CT molecular complexity index is 458. The third kappa shape index (κ3) is 3.12. The molecule has 0 aliphatic carbocycles. The van der Waals surface area contributed by atoms with Crippen LogP contribution < -0.4 is 0 Å². The van der Waals surface area contributed by atoms with Crippen molar-refractivity contribution in [2.24, 2.45) is 5.92 Å². The SMILES string of the molecule is CC(C)CC(C(=O)O)N1C(=O)CSC1c1cccs1. The van der Waals surface area contributed by atoms with Gasteiger partial charge in [0.1, 0.15) is 11.4 Å². The Hall–Kier alpha value is -1.01. The fourth-order valence-corrected chi connectivity index (χ4v) is 4.39. The predicted molar refractivity (Wildman–Crippen MR) is 77.2 cm³/mol. The predicted octanol–water partition coefficient (Wildman–Crippen LogP) is 2.82. The van der Waals surface area contributed by atoms with Crippen LogP contribution in [0, 0.1) is 5.92 Å². The van der Waals surface area contributed by atoms with Crippen molar-refractivity contribution >= 4 is 35.0 Å². The van der Waals surface area contributed by atoms with E-state index < -0.39 is 12.0 Å². The van der Waals surface area contributed by atoms with Gasteiger partial charge in [-0.15, -0.1) is 23.1 Å². The van der Waals surface area contributed by atoms with Crippen LogP contribution in [-0.2, 0) is 9.59 Å². The lowest BCUT2D eigenvalue weighted by molar-refractivity contribution is -0.150. The summed E-state index contributed by atoms with van der Waals surface area (Å²) in [6, 6.07) is 3.16. The van der Waals surface area contributed by atoms with Gasteiger partial charge >= 0.3 is 5.97 Å². The minimum Gasteiger partial charge on any atom is -0.480 e. The molecule has 1 aliphatic rings. The molecule has 0 radical (unpaired) electrons. The van der Waals surface area contributed by atoms with E-state index in [0.717, 1.165) is 4.88 Å². The van der Waals surface area contributed by atoms with Gasteiger partial charge in [-0.1, -0.05) is 19.9 Å². The molecule has 1 N–H and O–H groups in total. The fourth-order valence-electron chi connectivity index (χ4n) is 2.20. The van der Waals surface area contributed by atoms with Crippen LogP contribution in [0.4, 0.5) is 0 Å². The van der Waals surface area contributed by atoms with Crippen molar-refractivity contribution in [1.82, 2.24) is 4.90 Å². The van der Waals surface area contributed by atoms with E-state index in [2.05, 4.69) is 0 Å². The van der Waals surface area contributed by atoms with Crippen LogP contribution in [0.1, 0.15) is 30.5 Å². The average Bonchev–Trinajstić information content (AvgIpc) is 2.94. The molecule has 0 spiro atoms. The van der Waals surface area contributed by atoms with Crippen molar-refractivity contribution in [3.8, 4) is 0 Å². The Kier molecular flexibility index (Phi) is 4.52. The molecule has 2 unspecified atom stereocenters. The van der Waals surface area contributed by atoms with Gasteiger partial charge in [-0.05, 0) is 23.8 Å². The number of carbonyl (C=O) groups is 2. The Morgan fingerprint density at radius 1 is 1.58 bits per heavy atom. The highest BCUT2D eigenvalue weighted by atomic mass is 32.2. The van der Waals surface area contributed by atoms with E-state index in [4.69, 9.17) is 0 Å². The first-order valence-electron chi connectivity index (χ1n) is 6.19. The standard InChI is InChI=1S/C13H17NO3S2/c1-8(2)6-9(13(16)17)14-11(15)7-19-12(14)10-4-3-5-18-10/h3-5,8-9,12H,6-7H2,1-2H3,(H,16,17). The molecule has 1 fully saturated rings. The van der Waals surface area contributed by atoms with Crippen molar-refractivity contribution in [1.29, 1.82) is 0 Å². The van der Waals surface area contributed by atoms with E-state index in [9.17, 15) is 14.7 Å². The quantitative estimate of drug-likeness (QED) is 0.908. The van der Waals surface area contributed by atoms with E-state index in [1.807, 2.05) is 31.4 Å². The Morgan fingerprint density at radius 2 is 2.32 bits per heavy atom. The second-order valence-electron chi connectivity index (χ2n) is 4.96. The molecule has 1 aromatic heterocycles. The number of thioether (sulfide) groups is 1. The molecule has 1 amide bonds. The molecule has 2 rings (SSSR count). The van der Waals surface area contributed by atoms with E-state index in [1.54, 1.807) is 16.2 Å². The maximum absolute atomic E-state index is 12.1. The van der Waals surface area contributed by atoms with Gasteiger partial charge in [-0.2, -0.15) is 0 Å². The van der Waals surface area contributed by atoms with Crippen molar-refractivity contribution < 1.29 is 14.7 Å². The highest BCUT2D eigenvalue weighted by molar-refractivity contribution is 8.00. The van der Waals surface area contributed by atoms with E-state index in [-0.39, 0.29) is 17.2 Å². The number of amides is 1. The molecule has 6 heteroatoms. The Morgan fingerprint density at radius 3 is 2.84 bits per heavy atom. The highest BCUT2D eigenvalue weighted by Crippen LogP contribution is 2.42. The van der Waals surface area contributed by atoms with Crippen LogP contribution in [0.5, 0.6) is 0 Å². The Balaban J connectivity index is 2.26. The lowest BCUT2D eigenvalue weighted by atomic mass is 10.0. The number of rotatable bonds is 5. The maximum Gasteiger partial charge on any atom is 0.326 e. The van der Waals surface area contributed by atoms with Crippen molar-refractivity contribution in [2.45, 2.75) is 31.7 Å². The molecule has 2 atom stereocenters. The number of hydrogen-bond acceptors (Lipinski definition) is 4. The molecular weight excluding hydrogens is 282 g/mol. The van der Waals surface area contributed by atoms with Gasteiger partial charge in [-0.3, -0.25) is 4.79 Å². The number of aliphatic carboxylic acids is 1. The number of hydrogen-bond donors (Lipinski definition) is 1. The zero-order valence-corrected chi connectivity index (χ0v) is 12.5. The van der Waals surface area contributed by atoms with Crippen LogP contribution in [0.2, 0.25) is 0 Å². The summed E-state index contributed by atoms with van der Waals surface area (Å²) in [5, 5.41) is 11.2. The van der Waals surface area contributed by atoms with Gasteiger partial charge in [-0.25, -0.2) is 4.79 Å². The number of carboxylic acid groups (broad SMARTS) is 1. The second kappa shape index (κ2) is 5.96. The van der Waals surface area contributed by atoms with Gasteiger partial charge in [0.2, 0.25) is 5.91 Å². The van der Waals surface area contributed by atoms with Crippen LogP contribution in [0.3, 0.4) is 0 Å². The van der Waals surface area contributed by atoms with Gasteiger partial charge in [0.25, 0.3) is 0 Å². The average molecular weight is 299 g/mol.